The van der Waals surface area contributed by atoms with Gasteiger partial charge in [-0.2, -0.15) is 10.2 Å². The Morgan fingerprint density at radius 3 is 2.72 bits per heavy atom. The van der Waals surface area contributed by atoms with Crippen molar-refractivity contribution in [3.8, 4) is 11.3 Å². The van der Waals surface area contributed by atoms with E-state index in [1.807, 2.05) is 6.92 Å². The van der Waals surface area contributed by atoms with E-state index in [2.05, 4.69) is 30.5 Å². The van der Waals surface area contributed by atoms with Gasteiger partial charge >= 0.3 is 6.09 Å². The Labute approximate surface area is 205 Å². The normalized spacial score (nSPS) is 20.9. The molecule has 2 amide bonds. The maximum Gasteiger partial charge on any atom is 0.407 e. The van der Waals surface area contributed by atoms with E-state index < -0.39 is 24.1 Å². The van der Waals surface area contributed by atoms with E-state index in [1.165, 1.54) is 21.8 Å². The first-order valence-corrected chi connectivity index (χ1v) is 11.7. The molecule has 2 fully saturated rings. The number of aromatic amines is 1. The molecule has 3 aromatic rings. The molecule has 2 atom stereocenters. The van der Waals surface area contributed by atoms with E-state index in [0.29, 0.717) is 30.9 Å². The summed E-state index contributed by atoms with van der Waals surface area (Å²) >= 11 is 0. The van der Waals surface area contributed by atoms with Crippen LogP contribution in [0.5, 0.6) is 0 Å². The van der Waals surface area contributed by atoms with Crippen LogP contribution < -0.4 is 5.32 Å². The fraction of sp³-hybridized carbons (Fsp3) is 0.435. The van der Waals surface area contributed by atoms with Gasteiger partial charge in [0.2, 0.25) is 0 Å². The number of hydrogen-bond acceptors (Lipinski definition) is 6. The molecule has 3 N–H and O–H groups in total. The Balaban J connectivity index is 1.25. The summed E-state index contributed by atoms with van der Waals surface area (Å²) in [5.41, 5.74) is 0.768. The van der Waals surface area contributed by atoms with Gasteiger partial charge in [-0.15, -0.1) is 0 Å². The van der Waals surface area contributed by atoms with Gasteiger partial charge in [0.25, 0.3) is 12.3 Å². The molecular formula is C23H26F2N8O3. The van der Waals surface area contributed by atoms with Gasteiger partial charge in [-0.3, -0.25) is 19.5 Å². The predicted octanol–water partition coefficient (Wildman–Crippen LogP) is 3.25. The standard InChI is InChI=1S/C23H26F2N8O3/c1-13-7-15(5-6-32(13)23(35)36)31-10-16(11-31)33-12-19(20(30-33)21(24)25)29-22(34)18-4-2-3-17(28-18)14-8-26-27-9-14/h2-4,8-9,12-13,15-16,21H,5-7,10-11H2,1H3,(H,26,27)(H,29,34)(H,35,36). The minimum absolute atomic E-state index is 0.0487. The highest BCUT2D eigenvalue weighted by Crippen LogP contribution is 2.33. The second kappa shape index (κ2) is 9.64. The van der Waals surface area contributed by atoms with Crippen LogP contribution in [0.4, 0.5) is 19.3 Å². The third-order valence-corrected chi connectivity index (χ3v) is 6.87. The lowest BCUT2D eigenvalue weighted by atomic mass is 9.93. The van der Waals surface area contributed by atoms with Crippen molar-refractivity contribution in [2.75, 3.05) is 25.0 Å². The van der Waals surface area contributed by atoms with Gasteiger partial charge in [0.05, 0.1) is 23.6 Å². The lowest BCUT2D eigenvalue weighted by molar-refractivity contribution is 0.00724. The van der Waals surface area contributed by atoms with Gasteiger partial charge < -0.3 is 15.3 Å². The van der Waals surface area contributed by atoms with Crippen LogP contribution in [0, 0.1) is 0 Å². The molecule has 0 bridgehead atoms. The van der Waals surface area contributed by atoms with Gasteiger partial charge in [0.1, 0.15) is 5.69 Å². The zero-order valence-corrected chi connectivity index (χ0v) is 19.5. The minimum atomic E-state index is -2.86. The third-order valence-electron chi connectivity index (χ3n) is 6.87. The average Bonchev–Trinajstić information content (AvgIpc) is 3.49. The lowest BCUT2D eigenvalue weighted by Crippen LogP contribution is -2.57. The third kappa shape index (κ3) is 4.65. The highest BCUT2D eigenvalue weighted by atomic mass is 19.3. The van der Waals surface area contributed by atoms with E-state index in [1.54, 1.807) is 24.5 Å². The van der Waals surface area contributed by atoms with E-state index >= 15 is 0 Å². The second-order valence-corrected chi connectivity index (χ2v) is 9.17. The molecule has 0 radical (unpaired) electrons. The molecule has 36 heavy (non-hydrogen) atoms. The Morgan fingerprint density at radius 1 is 1.25 bits per heavy atom. The van der Waals surface area contributed by atoms with Crippen LogP contribution in [0.1, 0.15) is 48.4 Å². The summed E-state index contributed by atoms with van der Waals surface area (Å²) in [5, 5.41) is 22.4. The molecule has 2 aliphatic rings. The number of rotatable bonds is 6. The summed E-state index contributed by atoms with van der Waals surface area (Å²) in [4.78, 5) is 32.1. The summed E-state index contributed by atoms with van der Waals surface area (Å²) in [7, 11) is 0. The molecule has 5 rings (SSSR count). The van der Waals surface area contributed by atoms with Gasteiger partial charge in [0, 0.05) is 49.7 Å². The fourth-order valence-electron chi connectivity index (χ4n) is 4.87. The van der Waals surface area contributed by atoms with Crippen molar-refractivity contribution in [2.24, 2.45) is 0 Å². The molecule has 13 heteroatoms. The number of likely N-dealkylation sites (tertiary alicyclic amines) is 2. The number of piperidine rings is 1. The number of pyridine rings is 1. The highest BCUT2D eigenvalue weighted by Gasteiger charge is 2.39. The summed E-state index contributed by atoms with van der Waals surface area (Å²) in [6.07, 6.45) is 2.35. The maximum absolute atomic E-state index is 13.7. The molecule has 3 aromatic heterocycles. The molecule has 190 valence electrons. The molecule has 0 saturated carbocycles. The largest absolute Gasteiger partial charge is 0.465 e. The smallest absolute Gasteiger partial charge is 0.407 e. The van der Waals surface area contributed by atoms with Crippen molar-refractivity contribution < 1.29 is 23.5 Å². The fourth-order valence-corrected chi connectivity index (χ4v) is 4.87. The molecule has 5 heterocycles. The topological polar surface area (TPSA) is 132 Å². The number of anilines is 1. The number of carbonyl (C=O) groups excluding carboxylic acids is 1. The Morgan fingerprint density at radius 2 is 2.06 bits per heavy atom. The van der Waals surface area contributed by atoms with Crippen molar-refractivity contribution in [2.45, 2.75) is 44.3 Å². The molecule has 0 aliphatic carbocycles. The van der Waals surface area contributed by atoms with E-state index in [4.69, 9.17) is 0 Å². The van der Waals surface area contributed by atoms with Crippen LogP contribution in [0.3, 0.4) is 0 Å². The van der Waals surface area contributed by atoms with Crippen molar-refractivity contribution >= 4 is 17.7 Å². The van der Waals surface area contributed by atoms with Crippen LogP contribution in [-0.4, -0.2) is 83.6 Å². The van der Waals surface area contributed by atoms with E-state index in [-0.39, 0.29) is 29.5 Å². The Bertz CT molecular complexity index is 1240. The first-order chi connectivity index (χ1) is 17.3. The molecule has 0 aromatic carbocycles. The average molecular weight is 501 g/mol. The minimum Gasteiger partial charge on any atom is -0.465 e. The number of hydrogen-bond donors (Lipinski definition) is 3. The van der Waals surface area contributed by atoms with Crippen molar-refractivity contribution in [1.82, 2.24) is 34.8 Å². The number of nitrogens with one attached hydrogen (secondary N) is 2. The summed E-state index contributed by atoms with van der Waals surface area (Å²) < 4.78 is 28.9. The van der Waals surface area contributed by atoms with Crippen molar-refractivity contribution in [3.05, 3.63) is 48.2 Å². The van der Waals surface area contributed by atoms with E-state index in [9.17, 15) is 23.5 Å². The van der Waals surface area contributed by atoms with Gasteiger partial charge in [-0.25, -0.2) is 18.6 Å². The Hall–Kier alpha value is -3.87. The van der Waals surface area contributed by atoms with Crippen molar-refractivity contribution in [3.63, 3.8) is 0 Å². The monoisotopic (exact) mass is 500 g/mol. The molecule has 0 spiro atoms. The number of carboxylic acid groups (broad SMARTS) is 1. The van der Waals surface area contributed by atoms with Crippen LogP contribution in [0.2, 0.25) is 0 Å². The molecule has 2 unspecified atom stereocenters. The quantitative estimate of drug-likeness (QED) is 0.473. The zero-order chi connectivity index (χ0) is 25.4. The number of amides is 2. The molecule has 2 saturated heterocycles. The van der Waals surface area contributed by atoms with Crippen LogP contribution in [0.15, 0.2) is 36.8 Å². The van der Waals surface area contributed by atoms with Crippen LogP contribution in [0.25, 0.3) is 11.3 Å². The first kappa shape index (κ1) is 23.9. The number of H-pyrrole nitrogens is 1. The zero-order valence-electron chi connectivity index (χ0n) is 19.5. The number of nitrogens with zero attached hydrogens (tertiary/aromatic N) is 6. The number of alkyl halides is 2. The predicted molar refractivity (Wildman–Crippen MR) is 125 cm³/mol. The van der Waals surface area contributed by atoms with Gasteiger partial charge in [-0.1, -0.05) is 6.07 Å². The SMILES string of the molecule is CC1CC(N2CC(n3cc(NC(=O)c4cccc(-c5cn[nH]c5)n4)c(C(F)F)n3)C2)CCN1C(=O)O. The summed E-state index contributed by atoms with van der Waals surface area (Å²) in [5.74, 6) is -0.615. The maximum atomic E-state index is 13.7. The van der Waals surface area contributed by atoms with Crippen LogP contribution >= 0.6 is 0 Å². The first-order valence-electron chi connectivity index (χ1n) is 11.7. The number of aromatic nitrogens is 5. The van der Waals surface area contributed by atoms with Crippen molar-refractivity contribution in [1.29, 1.82) is 0 Å². The van der Waals surface area contributed by atoms with Gasteiger partial charge in [-0.05, 0) is 31.9 Å². The molecule has 11 nitrogen and oxygen atoms in total. The van der Waals surface area contributed by atoms with E-state index in [0.717, 1.165) is 12.8 Å². The molecular weight excluding hydrogens is 474 g/mol. The lowest BCUT2D eigenvalue weighted by Gasteiger charge is -2.48. The second-order valence-electron chi connectivity index (χ2n) is 9.17. The number of halogens is 2. The summed E-state index contributed by atoms with van der Waals surface area (Å²) in [6.45, 7) is 3.62. The van der Waals surface area contributed by atoms with Crippen LogP contribution in [-0.2, 0) is 0 Å². The Kier molecular flexibility index (Phi) is 6.39. The van der Waals surface area contributed by atoms with Gasteiger partial charge in [0.15, 0.2) is 5.69 Å². The number of carbonyl (C=O) groups is 2. The molecule has 2 aliphatic heterocycles. The highest BCUT2D eigenvalue weighted by molar-refractivity contribution is 6.03. The summed E-state index contributed by atoms with van der Waals surface area (Å²) in [6, 6.07) is 4.95.